The number of aromatic carboxylic acids is 1. The first-order valence-electron chi connectivity index (χ1n) is 5.83. The van der Waals surface area contributed by atoms with Crippen molar-refractivity contribution in [2.24, 2.45) is 5.92 Å². The van der Waals surface area contributed by atoms with Gasteiger partial charge in [0.05, 0.1) is 5.56 Å². The third kappa shape index (κ3) is 2.18. The van der Waals surface area contributed by atoms with Crippen LogP contribution in [0.15, 0.2) is 18.2 Å². The molecule has 0 saturated carbocycles. The highest BCUT2D eigenvalue weighted by molar-refractivity contribution is 5.95. The van der Waals surface area contributed by atoms with E-state index < -0.39 is 5.97 Å². The quantitative estimate of drug-likeness (QED) is 0.850. The molecule has 0 saturated heterocycles. The Morgan fingerprint density at radius 1 is 1.41 bits per heavy atom. The standard InChI is InChI=1S/C14H17NO2/c1-8(2)6-11-9(3)15-13-5-4-10(14(16)17)7-12(11)13/h4-5,7-8,15H,6H2,1-3H3,(H,16,17). The molecule has 1 heterocycles. The van der Waals surface area contributed by atoms with Crippen molar-refractivity contribution >= 4 is 16.9 Å². The van der Waals surface area contributed by atoms with Crippen LogP contribution < -0.4 is 0 Å². The Hall–Kier alpha value is -1.77. The lowest BCUT2D eigenvalue weighted by Crippen LogP contribution is -1.97. The topological polar surface area (TPSA) is 53.1 Å². The van der Waals surface area contributed by atoms with Gasteiger partial charge in [0.15, 0.2) is 0 Å². The van der Waals surface area contributed by atoms with Crippen LogP contribution in [0.3, 0.4) is 0 Å². The second-order valence-corrected chi connectivity index (χ2v) is 4.89. The van der Waals surface area contributed by atoms with E-state index in [0.717, 1.165) is 23.0 Å². The molecule has 0 unspecified atom stereocenters. The van der Waals surface area contributed by atoms with E-state index in [0.29, 0.717) is 11.5 Å². The van der Waals surface area contributed by atoms with Gasteiger partial charge in [0.2, 0.25) is 0 Å². The summed E-state index contributed by atoms with van der Waals surface area (Å²) in [6.07, 6.45) is 0.967. The zero-order valence-electron chi connectivity index (χ0n) is 10.4. The van der Waals surface area contributed by atoms with Crippen molar-refractivity contribution in [2.75, 3.05) is 0 Å². The minimum absolute atomic E-state index is 0.349. The van der Waals surface area contributed by atoms with Gasteiger partial charge < -0.3 is 10.1 Å². The summed E-state index contributed by atoms with van der Waals surface area (Å²) in [7, 11) is 0. The van der Waals surface area contributed by atoms with Gasteiger partial charge in [-0.1, -0.05) is 13.8 Å². The first-order chi connectivity index (χ1) is 7.99. The highest BCUT2D eigenvalue weighted by atomic mass is 16.4. The van der Waals surface area contributed by atoms with Crippen molar-refractivity contribution in [3.63, 3.8) is 0 Å². The lowest BCUT2D eigenvalue weighted by Gasteiger charge is -2.05. The number of aryl methyl sites for hydroxylation is 1. The molecule has 3 heteroatoms. The fraction of sp³-hybridized carbons (Fsp3) is 0.357. The molecule has 2 rings (SSSR count). The van der Waals surface area contributed by atoms with E-state index >= 15 is 0 Å². The van der Waals surface area contributed by atoms with Crippen molar-refractivity contribution in [2.45, 2.75) is 27.2 Å². The SMILES string of the molecule is Cc1[nH]c2ccc(C(=O)O)cc2c1CC(C)C. The van der Waals surface area contributed by atoms with Crippen molar-refractivity contribution in [1.29, 1.82) is 0 Å². The van der Waals surface area contributed by atoms with Crippen LogP contribution >= 0.6 is 0 Å². The predicted octanol–water partition coefficient (Wildman–Crippen LogP) is 3.37. The van der Waals surface area contributed by atoms with Crippen LogP contribution in [0.5, 0.6) is 0 Å². The van der Waals surface area contributed by atoms with Crippen molar-refractivity contribution < 1.29 is 9.90 Å². The zero-order valence-corrected chi connectivity index (χ0v) is 10.4. The Kier molecular flexibility index (Phi) is 2.92. The molecule has 0 atom stereocenters. The van der Waals surface area contributed by atoms with Crippen LogP contribution in [-0.2, 0) is 6.42 Å². The van der Waals surface area contributed by atoms with Crippen LogP contribution in [-0.4, -0.2) is 16.1 Å². The predicted molar refractivity (Wildman–Crippen MR) is 68.5 cm³/mol. The van der Waals surface area contributed by atoms with E-state index in [1.54, 1.807) is 12.1 Å². The number of hydrogen-bond donors (Lipinski definition) is 2. The number of aromatic nitrogens is 1. The average molecular weight is 231 g/mol. The average Bonchev–Trinajstić information content (AvgIpc) is 2.54. The van der Waals surface area contributed by atoms with E-state index in [1.165, 1.54) is 5.56 Å². The number of rotatable bonds is 3. The maximum absolute atomic E-state index is 11.0. The first kappa shape index (κ1) is 11.7. The van der Waals surface area contributed by atoms with Gasteiger partial charge in [0.1, 0.15) is 0 Å². The number of hydrogen-bond acceptors (Lipinski definition) is 1. The normalized spacial score (nSPS) is 11.3. The molecule has 0 fully saturated rings. The van der Waals surface area contributed by atoms with Gasteiger partial charge in [-0.25, -0.2) is 4.79 Å². The fourth-order valence-electron chi connectivity index (χ4n) is 2.19. The Bertz CT molecular complexity index is 567. The third-order valence-corrected chi connectivity index (χ3v) is 2.98. The van der Waals surface area contributed by atoms with Crippen LogP contribution in [0.1, 0.15) is 35.5 Å². The van der Waals surface area contributed by atoms with Gasteiger partial charge in [0, 0.05) is 16.6 Å². The second kappa shape index (κ2) is 4.24. The maximum Gasteiger partial charge on any atom is 0.335 e. The van der Waals surface area contributed by atoms with Crippen LogP contribution in [0.2, 0.25) is 0 Å². The molecule has 0 amide bonds. The number of fused-ring (bicyclic) bond motifs is 1. The molecule has 17 heavy (non-hydrogen) atoms. The van der Waals surface area contributed by atoms with Crippen LogP contribution in [0, 0.1) is 12.8 Å². The Morgan fingerprint density at radius 3 is 2.71 bits per heavy atom. The summed E-state index contributed by atoms with van der Waals surface area (Å²) in [6, 6.07) is 5.24. The summed E-state index contributed by atoms with van der Waals surface area (Å²) in [5.74, 6) is -0.317. The summed E-state index contributed by atoms with van der Waals surface area (Å²) < 4.78 is 0. The second-order valence-electron chi connectivity index (χ2n) is 4.89. The zero-order chi connectivity index (χ0) is 12.6. The van der Waals surface area contributed by atoms with E-state index in [-0.39, 0.29) is 0 Å². The smallest absolute Gasteiger partial charge is 0.335 e. The molecule has 0 spiro atoms. The molecule has 3 nitrogen and oxygen atoms in total. The molecule has 0 radical (unpaired) electrons. The highest BCUT2D eigenvalue weighted by Gasteiger charge is 2.12. The molecular formula is C14H17NO2. The maximum atomic E-state index is 11.0. The molecule has 0 aliphatic carbocycles. The molecular weight excluding hydrogens is 214 g/mol. The molecule has 0 aliphatic rings. The first-order valence-corrected chi connectivity index (χ1v) is 5.83. The minimum atomic E-state index is -0.874. The Balaban J connectivity index is 2.60. The number of carboxylic acids is 1. The molecule has 90 valence electrons. The monoisotopic (exact) mass is 231 g/mol. The largest absolute Gasteiger partial charge is 0.478 e. The highest BCUT2D eigenvalue weighted by Crippen LogP contribution is 2.25. The third-order valence-electron chi connectivity index (χ3n) is 2.98. The van der Waals surface area contributed by atoms with Crippen molar-refractivity contribution in [1.82, 2.24) is 4.98 Å². The van der Waals surface area contributed by atoms with E-state index in [2.05, 4.69) is 18.8 Å². The number of benzene rings is 1. The summed E-state index contributed by atoms with van der Waals surface area (Å²) >= 11 is 0. The molecule has 2 N–H and O–H groups in total. The number of nitrogens with one attached hydrogen (secondary N) is 1. The van der Waals surface area contributed by atoms with Crippen LogP contribution in [0.4, 0.5) is 0 Å². The van der Waals surface area contributed by atoms with Gasteiger partial charge in [0.25, 0.3) is 0 Å². The van der Waals surface area contributed by atoms with E-state index in [4.69, 9.17) is 5.11 Å². The molecule has 0 bridgehead atoms. The van der Waals surface area contributed by atoms with E-state index in [9.17, 15) is 4.79 Å². The molecule has 1 aromatic carbocycles. The molecule has 2 aromatic rings. The van der Waals surface area contributed by atoms with Crippen LogP contribution in [0.25, 0.3) is 10.9 Å². The van der Waals surface area contributed by atoms with Gasteiger partial charge in [-0.15, -0.1) is 0 Å². The number of aromatic amines is 1. The lowest BCUT2D eigenvalue weighted by molar-refractivity contribution is 0.0697. The summed E-state index contributed by atoms with van der Waals surface area (Å²) in [5, 5.41) is 10.1. The summed E-state index contributed by atoms with van der Waals surface area (Å²) in [6.45, 7) is 6.37. The summed E-state index contributed by atoms with van der Waals surface area (Å²) in [5.41, 5.74) is 3.74. The number of H-pyrrole nitrogens is 1. The van der Waals surface area contributed by atoms with Gasteiger partial charge in [-0.3, -0.25) is 0 Å². The molecule has 1 aromatic heterocycles. The van der Waals surface area contributed by atoms with Gasteiger partial charge >= 0.3 is 5.97 Å². The summed E-state index contributed by atoms with van der Waals surface area (Å²) in [4.78, 5) is 14.3. The van der Waals surface area contributed by atoms with Gasteiger partial charge in [-0.05, 0) is 43.0 Å². The number of carbonyl (C=O) groups is 1. The Morgan fingerprint density at radius 2 is 2.12 bits per heavy atom. The number of carboxylic acid groups (broad SMARTS) is 1. The van der Waals surface area contributed by atoms with Crippen molar-refractivity contribution in [3.05, 3.63) is 35.0 Å². The van der Waals surface area contributed by atoms with E-state index in [1.807, 2.05) is 13.0 Å². The minimum Gasteiger partial charge on any atom is -0.478 e. The van der Waals surface area contributed by atoms with Gasteiger partial charge in [-0.2, -0.15) is 0 Å². The fourth-order valence-corrected chi connectivity index (χ4v) is 2.19. The van der Waals surface area contributed by atoms with Crippen molar-refractivity contribution in [3.8, 4) is 0 Å². The Labute approximate surface area is 100 Å². The molecule has 0 aliphatic heterocycles. The lowest BCUT2D eigenvalue weighted by atomic mass is 9.99.